The Labute approximate surface area is 129 Å². The summed E-state index contributed by atoms with van der Waals surface area (Å²) in [7, 11) is 0. The van der Waals surface area contributed by atoms with Crippen LogP contribution in [-0.2, 0) is 13.1 Å². The normalized spacial score (nSPS) is 16.3. The van der Waals surface area contributed by atoms with Crippen molar-refractivity contribution in [2.75, 3.05) is 13.1 Å². The highest BCUT2D eigenvalue weighted by Gasteiger charge is 2.11. The second-order valence-electron chi connectivity index (χ2n) is 6.28. The van der Waals surface area contributed by atoms with Gasteiger partial charge in [-0.15, -0.1) is 0 Å². The van der Waals surface area contributed by atoms with Gasteiger partial charge in [-0.3, -0.25) is 0 Å². The van der Waals surface area contributed by atoms with Crippen molar-refractivity contribution in [1.82, 2.24) is 10.6 Å². The van der Waals surface area contributed by atoms with Crippen LogP contribution in [0.1, 0.15) is 55.2 Å². The van der Waals surface area contributed by atoms with Gasteiger partial charge in [-0.05, 0) is 56.0 Å². The molecule has 2 rings (SSSR count). The fourth-order valence-electron chi connectivity index (χ4n) is 3.13. The molecule has 0 atom stereocenters. The second kappa shape index (κ2) is 9.19. The number of hydrogen-bond acceptors (Lipinski definition) is 3. The average molecular weight is 289 g/mol. The van der Waals surface area contributed by atoms with E-state index >= 15 is 0 Å². The van der Waals surface area contributed by atoms with E-state index in [-0.39, 0.29) is 0 Å². The van der Waals surface area contributed by atoms with E-state index in [0.29, 0.717) is 6.54 Å². The SMILES string of the molecule is Cc1cc(CN)ccc1CNCCCNC1CCCCC1. The number of hydrogen-bond donors (Lipinski definition) is 3. The van der Waals surface area contributed by atoms with Crippen molar-refractivity contribution in [3.8, 4) is 0 Å². The molecule has 0 radical (unpaired) electrons. The largest absolute Gasteiger partial charge is 0.326 e. The van der Waals surface area contributed by atoms with E-state index in [1.54, 1.807) is 0 Å². The Hall–Kier alpha value is -0.900. The predicted molar refractivity (Wildman–Crippen MR) is 90.3 cm³/mol. The van der Waals surface area contributed by atoms with Crippen LogP contribution in [0, 0.1) is 6.92 Å². The highest BCUT2D eigenvalue weighted by molar-refractivity contribution is 5.30. The molecule has 1 aromatic rings. The Balaban J connectivity index is 1.57. The molecule has 3 nitrogen and oxygen atoms in total. The lowest BCUT2D eigenvalue weighted by atomic mass is 9.95. The van der Waals surface area contributed by atoms with Crippen molar-refractivity contribution in [3.05, 3.63) is 34.9 Å². The molecule has 0 spiro atoms. The minimum atomic E-state index is 0.626. The molecule has 1 aliphatic carbocycles. The van der Waals surface area contributed by atoms with Crippen LogP contribution in [0.4, 0.5) is 0 Å². The molecule has 1 fully saturated rings. The zero-order chi connectivity index (χ0) is 14.9. The summed E-state index contributed by atoms with van der Waals surface area (Å²) in [5.74, 6) is 0. The first-order valence-corrected chi connectivity index (χ1v) is 8.52. The molecule has 0 heterocycles. The molecular weight excluding hydrogens is 258 g/mol. The van der Waals surface area contributed by atoms with E-state index in [1.165, 1.54) is 55.2 Å². The molecule has 0 aliphatic heterocycles. The number of benzene rings is 1. The summed E-state index contributed by atoms with van der Waals surface area (Å²) in [4.78, 5) is 0. The number of aryl methyl sites for hydroxylation is 1. The maximum absolute atomic E-state index is 5.66. The molecule has 4 N–H and O–H groups in total. The van der Waals surface area contributed by atoms with Gasteiger partial charge in [-0.25, -0.2) is 0 Å². The molecule has 3 heteroatoms. The minimum Gasteiger partial charge on any atom is -0.326 e. The minimum absolute atomic E-state index is 0.626. The highest BCUT2D eigenvalue weighted by Crippen LogP contribution is 2.17. The smallest absolute Gasteiger partial charge is 0.0208 e. The number of nitrogens with two attached hydrogens (primary N) is 1. The summed E-state index contributed by atoms with van der Waals surface area (Å²) in [6, 6.07) is 7.31. The van der Waals surface area contributed by atoms with Gasteiger partial charge in [-0.1, -0.05) is 37.5 Å². The third kappa shape index (κ3) is 5.77. The molecule has 0 amide bonds. The van der Waals surface area contributed by atoms with Crippen LogP contribution in [0.15, 0.2) is 18.2 Å². The molecule has 21 heavy (non-hydrogen) atoms. The van der Waals surface area contributed by atoms with Crippen LogP contribution in [0.5, 0.6) is 0 Å². The third-order valence-electron chi connectivity index (χ3n) is 4.53. The molecule has 0 unspecified atom stereocenters. The van der Waals surface area contributed by atoms with Gasteiger partial charge in [0.1, 0.15) is 0 Å². The van der Waals surface area contributed by atoms with Crippen molar-refractivity contribution in [1.29, 1.82) is 0 Å². The quantitative estimate of drug-likeness (QED) is 0.645. The lowest BCUT2D eigenvalue weighted by molar-refractivity contribution is 0.371. The fraction of sp³-hybridized carbons (Fsp3) is 0.667. The Bertz CT molecular complexity index is 411. The molecular formula is C18H31N3. The Morgan fingerprint density at radius 3 is 2.67 bits per heavy atom. The molecule has 1 saturated carbocycles. The van der Waals surface area contributed by atoms with Crippen LogP contribution >= 0.6 is 0 Å². The topological polar surface area (TPSA) is 50.1 Å². The summed E-state index contributed by atoms with van der Waals surface area (Å²) < 4.78 is 0. The molecule has 1 aliphatic rings. The van der Waals surface area contributed by atoms with Crippen molar-refractivity contribution in [3.63, 3.8) is 0 Å². The van der Waals surface area contributed by atoms with Gasteiger partial charge >= 0.3 is 0 Å². The third-order valence-corrected chi connectivity index (χ3v) is 4.53. The molecule has 0 aromatic heterocycles. The van der Waals surface area contributed by atoms with Gasteiger partial charge in [0.15, 0.2) is 0 Å². The maximum atomic E-state index is 5.66. The van der Waals surface area contributed by atoms with Gasteiger partial charge < -0.3 is 16.4 Å². The summed E-state index contributed by atoms with van der Waals surface area (Å²) in [5, 5.41) is 7.24. The van der Waals surface area contributed by atoms with Crippen LogP contribution in [0.3, 0.4) is 0 Å². The van der Waals surface area contributed by atoms with E-state index in [0.717, 1.165) is 25.7 Å². The van der Waals surface area contributed by atoms with Crippen molar-refractivity contribution >= 4 is 0 Å². The first kappa shape index (κ1) is 16.5. The van der Waals surface area contributed by atoms with E-state index in [4.69, 9.17) is 5.73 Å². The summed E-state index contributed by atoms with van der Waals surface area (Å²) in [5.41, 5.74) is 9.60. The Morgan fingerprint density at radius 1 is 1.14 bits per heavy atom. The van der Waals surface area contributed by atoms with Crippen molar-refractivity contribution < 1.29 is 0 Å². The van der Waals surface area contributed by atoms with Gasteiger partial charge in [0, 0.05) is 19.1 Å². The zero-order valence-electron chi connectivity index (χ0n) is 13.5. The van der Waals surface area contributed by atoms with Crippen molar-refractivity contribution in [2.24, 2.45) is 5.73 Å². The molecule has 118 valence electrons. The molecule has 0 bridgehead atoms. The molecule has 0 saturated heterocycles. The first-order valence-electron chi connectivity index (χ1n) is 8.52. The summed E-state index contributed by atoms with van der Waals surface area (Å²) >= 11 is 0. The summed E-state index contributed by atoms with van der Waals surface area (Å²) in [6.45, 7) is 5.98. The highest BCUT2D eigenvalue weighted by atomic mass is 14.9. The standard InChI is InChI=1S/C18H31N3/c1-15-12-16(13-19)8-9-17(15)14-20-10-5-11-21-18-6-3-2-4-7-18/h8-9,12,18,20-21H,2-7,10-11,13-14,19H2,1H3. The van der Waals surface area contributed by atoms with E-state index in [9.17, 15) is 0 Å². The predicted octanol–water partition coefficient (Wildman–Crippen LogP) is 2.86. The van der Waals surface area contributed by atoms with Gasteiger partial charge in [0.05, 0.1) is 0 Å². The van der Waals surface area contributed by atoms with Crippen LogP contribution < -0.4 is 16.4 Å². The van der Waals surface area contributed by atoms with Gasteiger partial charge in [0.2, 0.25) is 0 Å². The number of nitrogens with one attached hydrogen (secondary N) is 2. The van der Waals surface area contributed by atoms with Crippen LogP contribution in [0.25, 0.3) is 0 Å². The van der Waals surface area contributed by atoms with Gasteiger partial charge in [0.25, 0.3) is 0 Å². The first-order chi connectivity index (χ1) is 10.3. The number of rotatable bonds is 8. The van der Waals surface area contributed by atoms with Gasteiger partial charge in [-0.2, -0.15) is 0 Å². The van der Waals surface area contributed by atoms with E-state index < -0.39 is 0 Å². The monoisotopic (exact) mass is 289 g/mol. The van der Waals surface area contributed by atoms with E-state index in [1.807, 2.05) is 0 Å². The lowest BCUT2D eigenvalue weighted by Crippen LogP contribution is -2.33. The lowest BCUT2D eigenvalue weighted by Gasteiger charge is -2.22. The summed E-state index contributed by atoms with van der Waals surface area (Å²) in [6.07, 6.45) is 8.21. The van der Waals surface area contributed by atoms with Crippen molar-refractivity contribution in [2.45, 2.75) is 64.6 Å². The average Bonchev–Trinajstić information content (AvgIpc) is 2.53. The fourth-order valence-corrected chi connectivity index (χ4v) is 3.13. The van der Waals surface area contributed by atoms with Crippen LogP contribution in [0.2, 0.25) is 0 Å². The van der Waals surface area contributed by atoms with Crippen LogP contribution in [-0.4, -0.2) is 19.1 Å². The molecule has 1 aromatic carbocycles. The Morgan fingerprint density at radius 2 is 1.95 bits per heavy atom. The maximum Gasteiger partial charge on any atom is 0.0208 e. The van der Waals surface area contributed by atoms with E-state index in [2.05, 4.69) is 35.8 Å². The second-order valence-corrected chi connectivity index (χ2v) is 6.28. The zero-order valence-corrected chi connectivity index (χ0v) is 13.5. The Kier molecular flexibility index (Phi) is 7.20.